The van der Waals surface area contributed by atoms with Crippen LogP contribution in [0.2, 0.25) is 0 Å². The molecule has 186 valence electrons. The molecule has 0 radical (unpaired) electrons. The van der Waals surface area contributed by atoms with Crippen molar-refractivity contribution in [2.45, 2.75) is 45.3 Å². The Kier molecular flexibility index (Phi) is 6.88. The average Bonchev–Trinajstić information content (AvgIpc) is 3.61. The van der Waals surface area contributed by atoms with E-state index in [1.54, 1.807) is 7.11 Å². The highest BCUT2D eigenvalue weighted by Gasteiger charge is 2.31. The molecule has 2 aliphatic rings. The van der Waals surface area contributed by atoms with Gasteiger partial charge in [0.2, 0.25) is 0 Å². The maximum Gasteiger partial charge on any atom is 0.272 e. The zero-order valence-electron chi connectivity index (χ0n) is 20.5. The Labute approximate surface area is 205 Å². The zero-order chi connectivity index (χ0) is 24.4. The molecule has 3 aromatic rings. The van der Waals surface area contributed by atoms with Crippen LogP contribution in [-0.4, -0.2) is 82.3 Å². The molecule has 0 spiro atoms. The number of nitrogens with zero attached hydrogens (tertiary/aromatic N) is 4. The number of ether oxygens (including phenoxy) is 1. The van der Waals surface area contributed by atoms with E-state index < -0.39 is 0 Å². The lowest BCUT2D eigenvalue weighted by Gasteiger charge is -2.27. The molecule has 1 unspecified atom stereocenters. The normalized spacial score (nSPS) is 18.2. The summed E-state index contributed by atoms with van der Waals surface area (Å²) in [6.45, 7) is 6.89. The predicted octanol–water partition coefficient (Wildman–Crippen LogP) is 2.42. The molecule has 9 nitrogen and oxygen atoms in total. The summed E-state index contributed by atoms with van der Waals surface area (Å²) in [4.78, 5) is 34.1. The molecule has 5 rings (SSSR count). The largest absolute Gasteiger partial charge is 0.383 e. The summed E-state index contributed by atoms with van der Waals surface area (Å²) in [5, 5.41) is 8.81. The van der Waals surface area contributed by atoms with Gasteiger partial charge in [0, 0.05) is 54.8 Å². The number of likely N-dealkylation sites (tertiary alicyclic amines) is 1. The van der Waals surface area contributed by atoms with E-state index in [0.29, 0.717) is 56.6 Å². The van der Waals surface area contributed by atoms with Gasteiger partial charge in [-0.3, -0.25) is 19.2 Å². The summed E-state index contributed by atoms with van der Waals surface area (Å²) in [5.41, 5.74) is 3.78. The van der Waals surface area contributed by atoms with Crippen molar-refractivity contribution in [3.63, 3.8) is 0 Å². The van der Waals surface area contributed by atoms with E-state index in [1.165, 1.54) is 6.42 Å². The second kappa shape index (κ2) is 10.2. The van der Waals surface area contributed by atoms with Crippen LogP contribution in [0.3, 0.4) is 0 Å². The van der Waals surface area contributed by atoms with E-state index in [1.807, 2.05) is 39.9 Å². The number of aromatic amines is 1. The molecule has 1 aromatic carbocycles. The monoisotopic (exact) mass is 478 g/mol. The van der Waals surface area contributed by atoms with Gasteiger partial charge in [-0.25, -0.2) is 0 Å². The van der Waals surface area contributed by atoms with E-state index >= 15 is 0 Å². The fourth-order valence-corrected chi connectivity index (χ4v) is 5.41. The summed E-state index contributed by atoms with van der Waals surface area (Å²) in [5.74, 6) is -0.229. The first-order valence-electron chi connectivity index (χ1n) is 12.6. The van der Waals surface area contributed by atoms with Gasteiger partial charge in [0.05, 0.1) is 19.7 Å². The molecule has 0 bridgehead atoms. The fourth-order valence-electron chi connectivity index (χ4n) is 5.41. The van der Waals surface area contributed by atoms with Crippen LogP contribution >= 0.6 is 0 Å². The molecule has 2 N–H and O–H groups in total. The minimum absolute atomic E-state index is 0.0626. The molecule has 4 heterocycles. The molecular formula is C26H34N6O3. The van der Waals surface area contributed by atoms with Crippen molar-refractivity contribution in [2.75, 3.05) is 39.9 Å². The van der Waals surface area contributed by atoms with Crippen molar-refractivity contribution in [3.05, 3.63) is 53.0 Å². The molecule has 0 saturated carbocycles. The minimum Gasteiger partial charge on any atom is -0.383 e. The summed E-state index contributed by atoms with van der Waals surface area (Å²) in [6, 6.07) is 10.1. The molecule has 2 amide bonds. The number of amides is 2. The predicted molar refractivity (Wildman–Crippen MR) is 133 cm³/mol. The molecule has 2 aliphatic heterocycles. The number of H-pyrrole nitrogens is 1. The Morgan fingerprint density at radius 1 is 1.26 bits per heavy atom. The molecular weight excluding hydrogens is 444 g/mol. The fraction of sp³-hybridized carbons (Fsp3) is 0.500. The number of carbonyl (C=O) groups excluding carboxylic acids is 2. The number of hydrogen-bond donors (Lipinski definition) is 2. The van der Waals surface area contributed by atoms with Gasteiger partial charge in [0.1, 0.15) is 5.69 Å². The lowest BCUT2D eigenvalue weighted by atomic mass is 10.0. The van der Waals surface area contributed by atoms with Gasteiger partial charge in [-0.2, -0.15) is 5.10 Å². The lowest BCUT2D eigenvalue weighted by molar-refractivity contribution is 0.0725. The molecule has 9 heteroatoms. The highest BCUT2D eigenvalue weighted by Crippen LogP contribution is 2.25. The number of rotatable bonds is 8. The van der Waals surface area contributed by atoms with Gasteiger partial charge < -0.3 is 19.9 Å². The van der Waals surface area contributed by atoms with Crippen LogP contribution in [0.4, 0.5) is 0 Å². The molecule has 0 aliphatic carbocycles. The van der Waals surface area contributed by atoms with Crippen LogP contribution in [0.1, 0.15) is 52.0 Å². The lowest BCUT2D eigenvalue weighted by Crippen LogP contribution is -2.41. The van der Waals surface area contributed by atoms with Crippen molar-refractivity contribution in [1.82, 2.24) is 29.9 Å². The van der Waals surface area contributed by atoms with E-state index in [-0.39, 0.29) is 11.8 Å². The number of nitrogens with one attached hydrogen (secondary N) is 2. The van der Waals surface area contributed by atoms with Crippen LogP contribution in [0.25, 0.3) is 10.9 Å². The summed E-state index contributed by atoms with van der Waals surface area (Å²) in [7, 11) is 1.66. The molecule has 2 aromatic heterocycles. The Hall–Kier alpha value is -3.17. The van der Waals surface area contributed by atoms with Gasteiger partial charge >= 0.3 is 0 Å². The Morgan fingerprint density at radius 3 is 2.91 bits per heavy atom. The number of benzene rings is 1. The summed E-state index contributed by atoms with van der Waals surface area (Å²) >= 11 is 0. The third-order valence-corrected chi connectivity index (χ3v) is 7.31. The number of carbonyl (C=O) groups is 2. The van der Waals surface area contributed by atoms with Crippen LogP contribution in [0.15, 0.2) is 30.3 Å². The van der Waals surface area contributed by atoms with E-state index in [2.05, 4.69) is 27.2 Å². The summed E-state index contributed by atoms with van der Waals surface area (Å²) < 4.78 is 7.14. The van der Waals surface area contributed by atoms with Gasteiger partial charge in [-0.15, -0.1) is 0 Å². The number of methoxy groups -OCH3 is 1. The number of hydrogen-bond acceptors (Lipinski definition) is 5. The quantitative estimate of drug-likeness (QED) is 0.519. The number of fused-ring (bicyclic) bond motifs is 2. The smallest absolute Gasteiger partial charge is 0.272 e. The van der Waals surface area contributed by atoms with Gasteiger partial charge in [0.25, 0.3) is 11.8 Å². The molecule has 35 heavy (non-hydrogen) atoms. The third kappa shape index (κ3) is 4.70. The van der Waals surface area contributed by atoms with Crippen LogP contribution < -0.4 is 5.32 Å². The standard InChI is InChI=1S/C26H34N6O3/c1-3-30-11-6-8-19(30)16-27-25(33)24-20-17-31(12-10-23(20)32(29-24)13-14-35-2)26(34)22-15-18-7-4-5-9-21(18)28-22/h4-5,7,9,15,19,28H,3,6,8,10-14,16-17H2,1-2H3,(H,27,33). The maximum absolute atomic E-state index is 13.3. The number of aromatic nitrogens is 3. The van der Waals surface area contributed by atoms with Crippen molar-refractivity contribution < 1.29 is 14.3 Å². The highest BCUT2D eigenvalue weighted by molar-refractivity contribution is 5.98. The first-order chi connectivity index (χ1) is 17.1. The number of likely N-dealkylation sites (N-methyl/N-ethyl adjacent to an activating group) is 1. The van der Waals surface area contributed by atoms with Crippen LogP contribution in [0, 0.1) is 0 Å². The van der Waals surface area contributed by atoms with Crippen molar-refractivity contribution in [3.8, 4) is 0 Å². The van der Waals surface area contributed by atoms with E-state index in [0.717, 1.165) is 41.7 Å². The average molecular weight is 479 g/mol. The first-order valence-corrected chi connectivity index (χ1v) is 12.6. The Balaban J connectivity index is 1.36. The minimum atomic E-state index is -0.166. The second-order valence-electron chi connectivity index (χ2n) is 9.37. The topological polar surface area (TPSA) is 95.5 Å². The van der Waals surface area contributed by atoms with Crippen molar-refractivity contribution in [2.24, 2.45) is 0 Å². The SMILES string of the molecule is CCN1CCCC1CNC(=O)c1nn(CCOC)c2c1CN(C(=O)c1cc3ccccc3[nH]1)CC2. The Bertz CT molecular complexity index is 1180. The van der Waals surface area contributed by atoms with E-state index in [9.17, 15) is 9.59 Å². The van der Waals surface area contributed by atoms with Crippen LogP contribution in [0.5, 0.6) is 0 Å². The highest BCUT2D eigenvalue weighted by atomic mass is 16.5. The van der Waals surface area contributed by atoms with Crippen LogP contribution in [-0.2, 0) is 24.2 Å². The Morgan fingerprint density at radius 2 is 2.11 bits per heavy atom. The maximum atomic E-state index is 13.3. The zero-order valence-corrected chi connectivity index (χ0v) is 20.5. The molecule has 1 saturated heterocycles. The van der Waals surface area contributed by atoms with E-state index in [4.69, 9.17) is 4.74 Å². The second-order valence-corrected chi connectivity index (χ2v) is 9.37. The molecule has 1 atom stereocenters. The van der Waals surface area contributed by atoms with Gasteiger partial charge in [-0.1, -0.05) is 25.1 Å². The summed E-state index contributed by atoms with van der Waals surface area (Å²) in [6.07, 6.45) is 2.92. The van der Waals surface area contributed by atoms with Gasteiger partial charge in [-0.05, 0) is 38.1 Å². The van der Waals surface area contributed by atoms with Crippen molar-refractivity contribution in [1.29, 1.82) is 0 Å². The van der Waals surface area contributed by atoms with Gasteiger partial charge in [0.15, 0.2) is 5.69 Å². The first kappa shape index (κ1) is 23.6. The third-order valence-electron chi connectivity index (χ3n) is 7.31. The van der Waals surface area contributed by atoms with Crippen molar-refractivity contribution >= 4 is 22.7 Å². The molecule has 1 fully saturated rings. The number of para-hydroxylation sites is 1.